The van der Waals surface area contributed by atoms with Gasteiger partial charge in [0.15, 0.2) is 0 Å². The Balaban J connectivity index is 4.01. The minimum absolute atomic E-state index is 0.589. The number of aliphatic hydroxyl groups excluding tert-OH is 1. The molecular formula is C5H5O4. The lowest BCUT2D eigenvalue weighted by Gasteiger charge is -1.92. The van der Waals surface area contributed by atoms with Crippen molar-refractivity contribution in [3.8, 4) is 0 Å². The summed E-state index contributed by atoms with van der Waals surface area (Å²) in [5, 5.41) is 8.44. The van der Waals surface area contributed by atoms with Crippen LogP contribution in [0.2, 0.25) is 0 Å². The molecule has 0 unspecified atom stereocenters. The number of carbonyl (C=O) groups excluding carboxylic acids is 2. The van der Waals surface area contributed by atoms with Crippen molar-refractivity contribution in [2.75, 3.05) is 7.11 Å². The van der Waals surface area contributed by atoms with Gasteiger partial charge in [0.2, 0.25) is 12.0 Å². The van der Waals surface area contributed by atoms with Crippen LogP contribution in [0.1, 0.15) is 0 Å². The van der Waals surface area contributed by atoms with Gasteiger partial charge in [0.05, 0.1) is 7.11 Å². The Morgan fingerprint density at radius 2 is 2.33 bits per heavy atom. The second-order valence-corrected chi connectivity index (χ2v) is 1.14. The summed E-state index contributed by atoms with van der Waals surface area (Å²) < 4.78 is 4.03. The first-order valence-electron chi connectivity index (χ1n) is 2.07. The van der Waals surface area contributed by atoms with E-state index in [2.05, 4.69) is 4.74 Å². The SMILES string of the molecule is COC(=O)C(O)=C[C]=O. The maximum absolute atomic E-state index is 10.2. The van der Waals surface area contributed by atoms with Crippen molar-refractivity contribution in [1.82, 2.24) is 0 Å². The molecule has 0 aromatic carbocycles. The molecule has 49 valence electrons. The molecule has 0 bridgehead atoms. The normalized spacial score (nSPS) is 10.6. The molecule has 0 amide bonds. The first-order chi connectivity index (χ1) is 4.22. The molecule has 0 aliphatic heterocycles. The first kappa shape index (κ1) is 7.68. The highest BCUT2D eigenvalue weighted by molar-refractivity contribution is 5.89. The summed E-state index contributed by atoms with van der Waals surface area (Å²) in [4.78, 5) is 19.6. The molecule has 0 aromatic rings. The summed E-state index contributed by atoms with van der Waals surface area (Å²) in [5.74, 6) is -1.69. The molecule has 0 aromatic heterocycles. The van der Waals surface area contributed by atoms with Crippen LogP contribution in [0.3, 0.4) is 0 Å². The lowest BCUT2D eigenvalue weighted by Crippen LogP contribution is -2.03. The van der Waals surface area contributed by atoms with Crippen molar-refractivity contribution in [1.29, 1.82) is 0 Å². The zero-order valence-electron chi connectivity index (χ0n) is 4.75. The van der Waals surface area contributed by atoms with Crippen LogP contribution >= 0.6 is 0 Å². The summed E-state index contributed by atoms with van der Waals surface area (Å²) >= 11 is 0. The molecule has 0 atom stereocenters. The van der Waals surface area contributed by atoms with Crippen LogP contribution in [-0.4, -0.2) is 24.5 Å². The lowest BCUT2D eigenvalue weighted by molar-refractivity contribution is -0.139. The number of carbonyl (C=O) groups is 1. The van der Waals surface area contributed by atoms with Crippen LogP contribution in [0.25, 0.3) is 0 Å². The fourth-order valence-electron chi connectivity index (χ4n) is 0.219. The molecule has 0 aliphatic rings. The molecule has 1 N–H and O–H groups in total. The maximum Gasteiger partial charge on any atom is 0.373 e. The van der Waals surface area contributed by atoms with E-state index in [0.29, 0.717) is 6.08 Å². The monoisotopic (exact) mass is 129 g/mol. The number of hydrogen-bond donors (Lipinski definition) is 1. The second-order valence-electron chi connectivity index (χ2n) is 1.14. The van der Waals surface area contributed by atoms with Crippen molar-refractivity contribution >= 4 is 12.3 Å². The summed E-state index contributed by atoms with van der Waals surface area (Å²) in [6.07, 6.45) is 1.81. The third kappa shape index (κ3) is 2.48. The maximum atomic E-state index is 10.2. The van der Waals surface area contributed by atoms with E-state index in [1.54, 1.807) is 0 Å². The Bertz CT molecular complexity index is 147. The summed E-state index contributed by atoms with van der Waals surface area (Å²) in [6, 6.07) is 0. The largest absolute Gasteiger partial charge is 0.502 e. The standard InChI is InChI=1S/C5H5O4/c1-9-5(8)4(7)2-3-6/h2,7H,1H3. The topological polar surface area (TPSA) is 63.6 Å². The summed E-state index contributed by atoms with van der Waals surface area (Å²) in [5.41, 5.74) is 0. The highest BCUT2D eigenvalue weighted by Gasteiger charge is 2.04. The number of methoxy groups -OCH3 is 1. The Morgan fingerprint density at radius 1 is 1.78 bits per heavy atom. The Labute approximate surface area is 51.7 Å². The molecule has 0 spiro atoms. The van der Waals surface area contributed by atoms with Crippen LogP contribution in [-0.2, 0) is 14.3 Å². The van der Waals surface area contributed by atoms with Crippen molar-refractivity contribution in [2.24, 2.45) is 0 Å². The van der Waals surface area contributed by atoms with Gasteiger partial charge < -0.3 is 9.84 Å². The molecule has 0 rings (SSSR count). The van der Waals surface area contributed by atoms with Gasteiger partial charge in [-0.15, -0.1) is 0 Å². The Kier molecular flexibility index (Phi) is 3.12. The third-order valence-electron chi connectivity index (χ3n) is 0.590. The van der Waals surface area contributed by atoms with E-state index in [1.165, 1.54) is 6.29 Å². The van der Waals surface area contributed by atoms with E-state index in [-0.39, 0.29) is 0 Å². The molecule has 4 nitrogen and oxygen atoms in total. The molecule has 9 heavy (non-hydrogen) atoms. The smallest absolute Gasteiger partial charge is 0.373 e. The lowest BCUT2D eigenvalue weighted by atomic mass is 10.5. The average molecular weight is 129 g/mol. The van der Waals surface area contributed by atoms with Gasteiger partial charge in [-0.3, -0.25) is 4.79 Å². The van der Waals surface area contributed by atoms with E-state index in [9.17, 15) is 9.59 Å². The van der Waals surface area contributed by atoms with Crippen LogP contribution < -0.4 is 0 Å². The van der Waals surface area contributed by atoms with Gasteiger partial charge in [-0.2, -0.15) is 0 Å². The third-order valence-corrected chi connectivity index (χ3v) is 0.590. The summed E-state index contributed by atoms with van der Waals surface area (Å²) in [7, 11) is 1.09. The van der Waals surface area contributed by atoms with Crippen molar-refractivity contribution in [3.63, 3.8) is 0 Å². The van der Waals surface area contributed by atoms with E-state index >= 15 is 0 Å². The highest BCUT2D eigenvalue weighted by Crippen LogP contribution is 1.87. The predicted octanol–water partition coefficient (Wildman–Crippen LogP) is -0.289. The molecule has 0 aliphatic carbocycles. The van der Waals surface area contributed by atoms with Crippen molar-refractivity contribution in [3.05, 3.63) is 11.8 Å². The van der Waals surface area contributed by atoms with E-state index in [4.69, 9.17) is 5.11 Å². The van der Waals surface area contributed by atoms with Crippen LogP contribution in [0.15, 0.2) is 11.8 Å². The average Bonchev–Trinajstić information content (AvgIpc) is 1.87. The first-order valence-corrected chi connectivity index (χ1v) is 2.07. The molecule has 1 radical (unpaired) electrons. The van der Waals surface area contributed by atoms with E-state index in [0.717, 1.165) is 7.11 Å². The van der Waals surface area contributed by atoms with Gasteiger partial charge in [-0.25, -0.2) is 4.79 Å². The van der Waals surface area contributed by atoms with E-state index < -0.39 is 11.7 Å². The van der Waals surface area contributed by atoms with Crippen LogP contribution in [0.5, 0.6) is 0 Å². The number of aliphatic hydroxyl groups is 1. The fourth-order valence-corrected chi connectivity index (χ4v) is 0.219. The Hall–Kier alpha value is -1.32. The summed E-state index contributed by atoms with van der Waals surface area (Å²) in [6.45, 7) is 0. The molecule has 0 heterocycles. The molecular weight excluding hydrogens is 124 g/mol. The molecule has 0 saturated heterocycles. The number of ether oxygens (including phenoxy) is 1. The van der Waals surface area contributed by atoms with E-state index in [1.807, 2.05) is 0 Å². The Morgan fingerprint density at radius 3 is 2.67 bits per heavy atom. The van der Waals surface area contributed by atoms with Crippen molar-refractivity contribution < 1.29 is 19.4 Å². The number of rotatable bonds is 2. The van der Waals surface area contributed by atoms with Gasteiger partial charge in [-0.1, -0.05) is 0 Å². The van der Waals surface area contributed by atoms with Gasteiger partial charge in [-0.05, 0) is 0 Å². The van der Waals surface area contributed by atoms with Crippen molar-refractivity contribution in [2.45, 2.75) is 0 Å². The zero-order chi connectivity index (χ0) is 7.28. The van der Waals surface area contributed by atoms with Gasteiger partial charge in [0, 0.05) is 6.08 Å². The molecule has 0 saturated carbocycles. The fraction of sp³-hybridized carbons (Fsp3) is 0.200. The highest BCUT2D eigenvalue weighted by atomic mass is 16.5. The van der Waals surface area contributed by atoms with Gasteiger partial charge in [0.1, 0.15) is 0 Å². The van der Waals surface area contributed by atoms with Gasteiger partial charge in [0.25, 0.3) is 0 Å². The quantitative estimate of drug-likeness (QED) is 0.316. The number of allylic oxidation sites excluding steroid dienone is 1. The molecule has 4 heteroatoms. The minimum Gasteiger partial charge on any atom is -0.502 e. The second kappa shape index (κ2) is 3.65. The minimum atomic E-state index is -0.946. The van der Waals surface area contributed by atoms with Crippen LogP contribution in [0, 0.1) is 0 Å². The van der Waals surface area contributed by atoms with Gasteiger partial charge >= 0.3 is 5.97 Å². The number of esters is 1. The molecule has 0 fully saturated rings. The predicted molar refractivity (Wildman–Crippen MR) is 28.4 cm³/mol. The zero-order valence-corrected chi connectivity index (χ0v) is 4.75. The van der Waals surface area contributed by atoms with Crippen LogP contribution in [0.4, 0.5) is 0 Å². The number of hydrogen-bond acceptors (Lipinski definition) is 4.